The predicted molar refractivity (Wildman–Crippen MR) is 76.9 cm³/mol. The molecule has 1 fully saturated rings. The van der Waals surface area contributed by atoms with Crippen LogP contribution < -0.4 is 5.32 Å². The van der Waals surface area contributed by atoms with Crippen LogP contribution in [0.1, 0.15) is 71.1 Å². The van der Waals surface area contributed by atoms with Crippen molar-refractivity contribution in [3.05, 3.63) is 0 Å². The van der Waals surface area contributed by atoms with Gasteiger partial charge in [0.2, 0.25) is 0 Å². The van der Waals surface area contributed by atoms with Crippen LogP contribution in [0.5, 0.6) is 0 Å². The molecule has 3 nitrogen and oxygen atoms in total. The average molecular weight is 257 g/mol. The summed E-state index contributed by atoms with van der Waals surface area (Å²) in [6.07, 6.45) is 10.8. The predicted octanol–water partition coefficient (Wildman–Crippen LogP) is 3.83. The van der Waals surface area contributed by atoms with Gasteiger partial charge in [-0.15, -0.1) is 0 Å². The fourth-order valence-corrected chi connectivity index (χ4v) is 2.69. The van der Waals surface area contributed by atoms with Crippen LogP contribution in [0.2, 0.25) is 0 Å². The number of aliphatic carboxylic acids is 1. The summed E-state index contributed by atoms with van der Waals surface area (Å²) in [4.78, 5) is 11.4. The van der Waals surface area contributed by atoms with Crippen molar-refractivity contribution < 1.29 is 9.90 Å². The fraction of sp³-hybridized carbons (Fsp3) is 0.933. The van der Waals surface area contributed by atoms with Gasteiger partial charge >= 0.3 is 5.97 Å². The maximum atomic E-state index is 11.4. The molecule has 1 aliphatic carbocycles. The first kappa shape index (κ1) is 17.4. The molecule has 108 valence electrons. The van der Waals surface area contributed by atoms with Gasteiger partial charge in [-0.2, -0.15) is 0 Å². The third-order valence-corrected chi connectivity index (χ3v) is 3.77. The van der Waals surface area contributed by atoms with Gasteiger partial charge in [0.05, 0.1) is 5.41 Å². The van der Waals surface area contributed by atoms with Crippen LogP contribution >= 0.6 is 0 Å². The second-order valence-electron chi connectivity index (χ2n) is 5.46. The molecule has 0 saturated heterocycles. The Morgan fingerprint density at radius 3 is 2.00 bits per heavy atom. The standard InChI is InChI=1S/C13H24O2.C2H7N/c1-2-3-6-9-13(12(14)15)10-7-4-5-8-11-13;1-3-2/h2-11H2,1H3,(H,14,15);3H,1-2H3. The second kappa shape index (κ2) is 10.4. The monoisotopic (exact) mass is 257 g/mol. The van der Waals surface area contributed by atoms with E-state index in [1.807, 2.05) is 14.1 Å². The van der Waals surface area contributed by atoms with Gasteiger partial charge in [-0.05, 0) is 33.4 Å². The quantitative estimate of drug-likeness (QED) is 0.581. The molecule has 2 N–H and O–H groups in total. The van der Waals surface area contributed by atoms with Gasteiger partial charge in [-0.3, -0.25) is 4.79 Å². The van der Waals surface area contributed by atoms with E-state index in [-0.39, 0.29) is 5.41 Å². The highest BCUT2D eigenvalue weighted by Crippen LogP contribution is 2.39. The van der Waals surface area contributed by atoms with E-state index < -0.39 is 5.97 Å². The molecule has 0 aliphatic heterocycles. The highest BCUT2D eigenvalue weighted by Gasteiger charge is 2.37. The van der Waals surface area contributed by atoms with Crippen molar-refractivity contribution in [2.24, 2.45) is 5.41 Å². The smallest absolute Gasteiger partial charge is 0.309 e. The number of carboxylic acids is 1. The second-order valence-corrected chi connectivity index (χ2v) is 5.46. The van der Waals surface area contributed by atoms with E-state index in [9.17, 15) is 9.90 Å². The van der Waals surface area contributed by atoms with Crippen molar-refractivity contribution in [2.75, 3.05) is 14.1 Å². The molecular weight excluding hydrogens is 226 g/mol. The fourth-order valence-electron chi connectivity index (χ4n) is 2.69. The molecule has 1 saturated carbocycles. The molecular formula is C15H31NO2. The summed E-state index contributed by atoms with van der Waals surface area (Å²) in [5.74, 6) is -0.541. The van der Waals surface area contributed by atoms with E-state index in [0.29, 0.717) is 0 Å². The number of nitrogens with one attached hydrogen (secondary N) is 1. The van der Waals surface area contributed by atoms with Crippen LogP contribution in [0, 0.1) is 5.41 Å². The summed E-state index contributed by atoms with van der Waals surface area (Å²) in [7, 11) is 3.75. The van der Waals surface area contributed by atoms with E-state index in [4.69, 9.17) is 0 Å². The molecule has 0 radical (unpaired) electrons. The summed E-state index contributed by atoms with van der Waals surface area (Å²) >= 11 is 0. The molecule has 0 spiro atoms. The Balaban J connectivity index is 0.000000873. The van der Waals surface area contributed by atoms with Gasteiger partial charge in [0.15, 0.2) is 0 Å². The van der Waals surface area contributed by atoms with E-state index in [1.165, 1.54) is 25.7 Å². The molecule has 0 atom stereocenters. The van der Waals surface area contributed by atoms with E-state index in [0.717, 1.165) is 38.5 Å². The van der Waals surface area contributed by atoms with Crippen LogP contribution in [-0.2, 0) is 4.79 Å². The lowest BCUT2D eigenvalue weighted by Gasteiger charge is -2.27. The number of carboxylic acid groups (broad SMARTS) is 1. The van der Waals surface area contributed by atoms with Gasteiger partial charge in [0.25, 0.3) is 0 Å². The van der Waals surface area contributed by atoms with Crippen molar-refractivity contribution in [1.29, 1.82) is 0 Å². The Morgan fingerprint density at radius 2 is 1.61 bits per heavy atom. The Morgan fingerprint density at radius 1 is 1.11 bits per heavy atom. The minimum atomic E-state index is -0.541. The minimum Gasteiger partial charge on any atom is -0.481 e. The minimum absolute atomic E-state index is 0.369. The van der Waals surface area contributed by atoms with Crippen molar-refractivity contribution in [3.8, 4) is 0 Å². The van der Waals surface area contributed by atoms with E-state index in [1.54, 1.807) is 0 Å². The first-order valence-electron chi connectivity index (χ1n) is 7.45. The zero-order chi connectivity index (χ0) is 13.9. The molecule has 0 aromatic rings. The van der Waals surface area contributed by atoms with Gasteiger partial charge in [0, 0.05) is 0 Å². The number of hydrogen-bond donors (Lipinski definition) is 2. The highest BCUT2D eigenvalue weighted by molar-refractivity contribution is 5.74. The molecule has 1 rings (SSSR count). The summed E-state index contributed by atoms with van der Waals surface area (Å²) in [5.41, 5.74) is -0.369. The van der Waals surface area contributed by atoms with Crippen LogP contribution in [-0.4, -0.2) is 25.2 Å². The Hall–Kier alpha value is -0.570. The summed E-state index contributed by atoms with van der Waals surface area (Å²) in [6, 6.07) is 0. The third kappa shape index (κ3) is 6.39. The Kier molecular flexibility index (Phi) is 10.0. The molecule has 3 heteroatoms. The number of carbonyl (C=O) groups is 1. The van der Waals surface area contributed by atoms with E-state index in [2.05, 4.69) is 12.2 Å². The lowest BCUT2D eigenvalue weighted by Crippen LogP contribution is -2.30. The van der Waals surface area contributed by atoms with Gasteiger partial charge in [-0.25, -0.2) is 0 Å². The zero-order valence-corrected chi connectivity index (χ0v) is 12.4. The largest absolute Gasteiger partial charge is 0.481 e. The topological polar surface area (TPSA) is 49.3 Å². The molecule has 0 aromatic heterocycles. The Bertz CT molecular complexity index is 209. The molecule has 0 unspecified atom stereocenters. The van der Waals surface area contributed by atoms with Crippen molar-refractivity contribution in [3.63, 3.8) is 0 Å². The first-order valence-corrected chi connectivity index (χ1v) is 7.45. The molecule has 0 bridgehead atoms. The van der Waals surface area contributed by atoms with Crippen LogP contribution in [0.15, 0.2) is 0 Å². The van der Waals surface area contributed by atoms with Gasteiger partial charge in [0.1, 0.15) is 0 Å². The van der Waals surface area contributed by atoms with Crippen molar-refractivity contribution in [1.82, 2.24) is 5.32 Å². The molecule has 0 aromatic carbocycles. The molecule has 0 amide bonds. The third-order valence-electron chi connectivity index (χ3n) is 3.77. The molecule has 18 heavy (non-hydrogen) atoms. The number of rotatable bonds is 5. The van der Waals surface area contributed by atoms with E-state index >= 15 is 0 Å². The van der Waals surface area contributed by atoms with Crippen LogP contribution in [0.4, 0.5) is 0 Å². The maximum Gasteiger partial charge on any atom is 0.309 e. The van der Waals surface area contributed by atoms with Crippen molar-refractivity contribution >= 4 is 5.97 Å². The summed E-state index contributed by atoms with van der Waals surface area (Å²) in [6.45, 7) is 2.17. The lowest BCUT2D eigenvalue weighted by molar-refractivity contribution is -0.150. The zero-order valence-electron chi connectivity index (χ0n) is 12.4. The Labute approximate surface area is 112 Å². The van der Waals surface area contributed by atoms with Crippen LogP contribution in [0.3, 0.4) is 0 Å². The maximum absolute atomic E-state index is 11.4. The molecule has 1 aliphatic rings. The highest BCUT2D eigenvalue weighted by atomic mass is 16.4. The summed E-state index contributed by atoms with van der Waals surface area (Å²) < 4.78 is 0. The van der Waals surface area contributed by atoms with Crippen LogP contribution in [0.25, 0.3) is 0 Å². The van der Waals surface area contributed by atoms with Gasteiger partial charge < -0.3 is 10.4 Å². The van der Waals surface area contributed by atoms with Crippen molar-refractivity contribution in [2.45, 2.75) is 71.1 Å². The number of unbranched alkanes of at least 4 members (excludes halogenated alkanes) is 2. The number of hydrogen-bond acceptors (Lipinski definition) is 2. The lowest BCUT2D eigenvalue weighted by atomic mass is 9.76. The SMILES string of the molecule is CCCCCC1(C(=O)O)CCCCCC1.CNC. The molecule has 0 heterocycles. The first-order chi connectivity index (χ1) is 8.63. The summed E-state index contributed by atoms with van der Waals surface area (Å²) in [5, 5.41) is 12.2. The van der Waals surface area contributed by atoms with Gasteiger partial charge in [-0.1, -0.05) is 51.9 Å². The average Bonchev–Trinajstić information content (AvgIpc) is 2.57. The normalized spacial score (nSPS) is 18.4.